The Bertz CT molecular complexity index is 658. The van der Waals surface area contributed by atoms with Gasteiger partial charge in [-0.05, 0) is 26.0 Å². The summed E-state index contributed by atoms with van der Waals surface area (Å²) in [6.45, 7) is 3.95. The Hall–Kier alpha value is -2.00. The third-order valence-corrected chi connectivity index (χ3v) is 4.36. The molecule has 0 aromatic carbocycles. The first-order valence-corrected chi connectivity index (χ1v) is 8.24. The van der Waals surface area contributed by atoms with Crippen LogP contribution in [0.1, 0.15) is 23.0 Å². The van der Waals surface area contributed by atoms with Crippen molar-refractivity contribution in [3.05, 3.63) is 29.6 Å². The van der Waals surface area contributed by atoms with Gasteiger partial charge in [-0.1, -0.05) is 23.1 Å². The lowest BCUT2D eigenvalue weighted by Gasteiger charge is -2.00. The molecule has 0 atom stereocenters. The van der Waals surface area contributed by atoms with Gasteiger partial charge in [0.1, 0.15) is 0 Å². The molecule has 116 valence electrons. The van der Waals surface area contributed by atoms with Gasteiger partial charge in [-0.3, -0.25) is 19.9 Å². The van der Waals surface area contributed by atoms with Gasteiger partial charge >= 0.3 is 5.97 Å². The highest BCUT2D eigenvalue weighted by Gasteiger charge is 2.12. The lowest BCUT2D eigenvalue weighted by atomic mass is 10.2. The number of nitrogens with one attached hydrogen (secondary N) is 1. The Morgan fingerprint density at radius 3 is 2.86 bits per heavy atom. The first kappa shape index (κ1) is 16.4. The van der Waals surface area contributed by atoms with Crippen LogP contribution in [0, 0.1) is 6.92 Å². The second-order valence-corrected chi connectivity index (χ2v) is 6.31. The average molecular weight is 338 g/mol. The summed E-state index contributed by atoms with van der Waals surface area (Å²) in [6, 6.07) is 3.45. The fourth-order valence-electron chi connectivity index (χ4n) is 1.41. The van der Waals surface area contributed by atoms with Crippen LogP contribution in [0.15, 0.2) is 22.7 Å². The van der Waals surface area contributed by atoms with Crippen molar-refractivity contribution in [1.29, 1.82) is 0 Å². The summed E-state index contributed by atoms with van der Waals surface area (Å²) in [5.74, 6) is -0.442. The van der Waals surface area contributed by atoms with Crippen molar-refractivity contribution in [2.45, 2.75) is 18.2 Å². The zero-order chi connectivity index (χ0) is 15.9. The zero-order valence-corrected chi connectivity index (χ0v) is 13.7. The maximum Gasteiger partial charge on any atom is 0.316 e. The number of esters is 1. The highest BCUT2D eigenvalue weighted by Crippen LogP contribution is 2.25. The summed E-state index contributed by atoms with van der Waals surface area (Å²) in [4.78, 5) is 27.3. The van der Waals surface area contributed by atoms with E-state index in [0.717, 1.165) is 5.69 Å². The van der Waals surface area contributed by atoms with Gasteiger partial charge in [-0.25, -0.2) is 0 Å². The van der Waals surface area contributed by atoms with Crippen LogP contribution in [-0.2, 0) is 9.53 Å². The van der Waals surface area contributed by atoms with Crippen LogP contribution >= 0.6 is 23.1 Å². The zero-order valence-electron chi connectivity index (χ0n) is 12.0. The highest BCUT2D eigenvalue weighted by molar-refractivity contribution is 8.01. The summed E-state index contributed by atoms with van der Waals surface area (Å²) in [7, 11) is 0. The number of rotatable bonds is 6. The molecule has 1 N–H and O–H groups in total. The van der Waals surface area contributed by atoms with Crippen LogP contribution in [0.2, 0.25) is 0 Å². The van der Waals surface area contributed by atoms with E-state index in [-0.39, 0.29) is 17.6 Å². The number of pyridine rings is 1. The number of hydrogen-bond donors (Lipinski definition) is 1. The lowest BCUT2D eigenvalue weighted by molar-refractivity contribution is -0.139. The van der Waals surface area contributed by atoms with Crippen LogP contribution in [0.3, 0.4) is 0 Å². The van der Waals surface area contributed by atoms with Crippen molar-refractivity contribution in [2.75, 3.05) is 17.7 Å². The number of carbonyl (C=O) groups excluding carboxylic acids is 2. The molecule has 0 aliphatic rings. The molecule has 0 radical (unpaired) electrons. The quantitative estimate of drug-likeness (QED) is 0.490. The maximum absolute atomic E-state index is 12.0. The third-order valence-electron chi connectivity index (χ3n) is 2.42. The monoisotopic (exact) mass is 338 g/mol. The van der Waals surface area contributed by atoms with E-state index in [1.54, 1.807) is 19.1 Å². The van der Waals surface area contributed by atoms with Crippen molar-refractivity contribution in [1.82, 2.24) is 15.2 Å². The summed E-state index contributed by atoms with van der Waals surface area (Å²) in [6.07, 6.45) is 1.50. The van der Waals surface area contributed by atoms with E-state index in [0.29, 0.717) is 21.6 Å². The standard InChI is InChI=1S/C13H14N4O3S2/c1-3-20-10(18)7-21-13-17-16-12(22-13)15-11(19)9-5-4-8(2)14-6-9/h4-6H,3,7H2,1-2H3,(H,15,16,19). The van der Waals surface area contributed by atoms with Crippen molar-refractivity contribution in [2.24, 2.45) is 0 Å². The number of aryl methyl sites for hydroxylation is 1. The van der Waals surface area contributed by atoms with Crippen LogP contribution in [0.5, 0.6) is 0 Å². The Morgan fingerprint density at radius 1 is 1.36 bits per heavy atom. The Morgan fingerprint density at radius 2 is 2.18 bits per heavy atom. The number of ether oxygens (including phenoxy) is 1. The number of amides is 1. The third kappa shape index (κ3) is 4.78. The van der Waals surface area contributed by atoms with Crippen LogP contribution in [0.4, 0.5) is 5.13 Å². The largest absolute Gasteiger partial charge is 0.465 e. The number of anilines is 1. The van der Waals surface area contributed by atoms with E-state index < -0.39 is 0 Å². The van der Waals surface area contributed by atoms with Gasteiger partial charge in [0.15, 0.2) is 4.34 Å². The molecule has 9 heteroatoms. The summed E-state index contributed by atoms with van der Waals surface area (Å²) >= 11 is 2.42. The topological polar surface area (TPSA) is 94.1 Å². The van der Waals surface area contributed by atoms with Gasteiger partial charge in [0.05, 0.1) is 17.9 Å². The molecule has 0 fully saturated rings. The molecule has 0 unspecified atom stereocenters. The van der Waals surface area contributed by atoms with Gasteiger partial charge in [-0.15, -0.1) is 10.2 Å². The molecule has 0 bridgehead atoms. The van der Waals surface area contributed by atoms with Crippen molar-refractivity contribution < 1.29 is 14.3 Å². The number of carbonyl (C=O) groups is 2. The van der Waals surface area contributed by atoms with Crippen LogP contribution < -0.4 is 5.32 Å². The van der Waals surface area contributed by atoms with E-state index in [1.165, 1.54) is 29.3 Å². The number of thioether (sulfide) groups is 1. The predicted molar refractivity (Wildman–Crippen MR) is 84.2 cm³/mol. The SMILES string of the molecule is CCOC(=O)CSc1nnc(NC(=O)c2ccc(C)nc2)s1. The fourth-order valence-corrected chi connectivity index (χ4v) is 2.96. The molecule has 1 amide bonds. The minimum absolute atomic E-state index is 0.165. The smallest absolute Gasteiger partial charge is 0.316 e. The number of hydrogen-bond acceptors (Lipinski definition) is 8. The molecule has 0 aliphatic heterocycles. The molecular formula is C13H14N4O3S2. The molecule has 2 rings (SSSR count). The number of nitrogens with zero attached hydrogens (tertiary/aromatic N) is 3. The van der Waals surface area contributed by atoms with Gasteiger partial charge < -0.3 is 4.74 Å². The van der Waals surface area contributed by atoms with E-state index in [4.69, 9.17) is 4.74 Å². The van der Waals surface area contributed by atoms with Gasteiger partial charge in [0.25, 0.3) is 5.91 Å². The summed E-state index contributed by atoms with van der Waals surface area (Å²) in [5.41, 5.74) is 1.28. The molecule has 2 heterocycles. The Labute approximate surface area is 135 Å². The Kier molecular flexibility index (Phi) is 5.84. The Balaban J connectivity index is 1.90. The molecule has 2 aromatic rings. The molecule has 0 aliphatic carbocycles. The minimum Gasteiger partial charge on any atom is -0.465 e. The lowest BCUT2D eigenvalue weighted by Crippen LogP contribution is -2.12. The highest BCUT2D eigenvalue weighted by atomic mass is 32.2. The first-order chi connectivity index (χ1) is 10.6. The normalized spacial score (nSPS) is 10.3. The summed E-state index contributed by atoms with van der Waals surface area (Å²) < 4.78 is 5.41. The van der Waals surface area contributed by atoms with Crippen molar-refractivity contribution in [3.63, 3.8) is 0 Å². The maximum atomic E-state index is 12.0. The minimum atomic E-state index is -0.306. The van der Waals surface area contributed by atoms with E-state index >= 15 is 0 Å². The van der Waals surface area contributed by atoms with E-state index in [1.807, 2.05) is 6.92 Å². The second kappa shape index (κ2) is 7.85. The van der Waals surface area contributed by atoms with E-state index in [9.17, 15) is 9.59 Å². The average Bonchev–Trinajstić information content (AvgIpc) is 2.93. The molecule has 0 saturated carbocycles. The molecule has 22 heavy (non-hydrogen) atoms. The molecular weight excluding hydrogens is 324 g/mol. The second-order valence-electron chi connectivity index (χ2n) is 4.11. The van der Waals surface area contributed by atoms with E-state index in [2.05, 4.69) is 20.5 Å². The van der Waals surface area contributed by atoms with Crippen molar-refractivity contribution >= 4 is 40.1 Å². The molecule has 7 nitrogen and oxygen atoms in total. The molecule has 0 spiro atoms. The van der Waals surface area contributed by atoms with Gasteiger partial charge in [0.2, 0.25) is 5.13 Å². The van der Waals surface area contributed by atoms with Crippen LogP contribution in [-0.4, -0.2) is 39.4 Å². The first-order valence-electron chi connectivity index (χ1n) is 6.44. The summed E-state index contributed by atoms with van der Waals surface area (Å²) in [5, 5.41) is 10.8. The number of aromatic nitrogens is 3. The van der Waals surface area contributed by atoms with Crippen molar-refractivity contribution in [3.8, 4) is 0 Å². The predicted octanol–water partition coefficient (Wildman–Crippen LogP) is 2.15. The van der Waals surface area contributed by atoms with Crippen LogP contribution in [0.25, 0.3) is 0 Å². The molecule has 0 saturated heterocycles. The van der Waals surface area contributed by atoms with Gasteiger partial charge in [-0.2, -0.15) is 0 Å². The van der Waals surface area contributed by atoms with Gasteiger partial charge in [0, 0.05) is 11.9 Å². The fraction of sp³-hybridized carbons (Fsp3) is 0.308. The molecule has 2 aromatic heterocycles.